The second-order valence-electron chi connectivity index (χ2n) is 4.75. The van der Waals surface area contributed by atoms with Crippen LogP contribution < -0.4 is 0 Å². The predicted molar refractivity (Wildman–Crippen MR) is 56.1 cm³/mol. The maximum absolute atomic E-state index is 12.2. The number of hydrogen-bond donors (Lipinski definition) is 1. The molecular weight excluding hydrogens is 219 g/mol. The second-order valence-corrected chi connectivity index (χ2v) is 4.75. The van der Waals surface area contributed by atoms with E-state index in [2.05, 4.69) is 0 Å². The molecule has 0 spiro atoms. The van der Waals surface area contributed by atoms with E-state index in [1.54, 1.807) is 0 Å². The Hall–Kier alpha value is -0.290. The van der Waals surface area contributed by atoms with Crippen molar-refractivity contribution in [1.29, 1.82) is 0 Å². The molecule has 3 atom stereocenters. The van der Waals surface area contributed by atoms with Gasteiger partial charge < -0.3 is 5.11 Å². The summed E-state index contributed by atoms with van der Waals surface area (Å²) >= 11 is 0. The summed E-state index contributed by atoms with van der Waals surface area (Å²) in [5.74, 6) is 0.448. The van der Waals surface area contributed by atoms with Crippen LogP contribution in [-0.4, -0.2) is 41.9 Å². The standard InChI is InChI=1S/C11H20F3NO/c1-3-8-4-5-10(16)9(6-8)15(2)7-11(12,13)14/h8-10,16H,3-7H2,1-2H3. The zero-order valence-corrected chi connectivity index (χ0v) is 9.80. The third kappa shape index (κ3) is 3.94. The van der Waals surface area contributed by atoms with Crippen LogP contribution in [0.25, 0.3) is 0 Å². The van der Waals surface area contributed by atoms with Gasteiger partial charge in [-0.1, -0.05) is 13.3 Å². The van der Waals surface area contributed by atoms with Crippen LogP contribution in [0.1, 0.15) is 32.6 Å². The van der Waals surface area contributed by atoms with Gasteiger partial charge in [0.05, 0.1) is 12.6 Å². The number of hydrogen-bond acceptors (Lipinski definition) is 2. The van der Waals surface area contributed by atoms with Gasteiger partial charge in [-0.3, -0.25) is 4.90 Å². The van der Waals surface area contributed by atoms with E-state index in [1.165, 1.54) is 11.9 Å². The Morgan fingerprint density at radius 2 is 1.94 bits per heavy atom. The molecule has 0 radical (unpaired) electrons. The fourth-order valence-electron chi connectivity index (χ4n) is 2.46. The fraction of sp³-hybridized carbons (Fsp3) is 1.00. The lowest BCUT2D eigenvalue weighted by Crippen LogP contribution is -2.48. The number of likely N-dealkylation sites (N-methyl/N-ethyl adjacent to an activating group) is 1. The van der Waals surface area contributed by atoms with Crippen molar-refractivity contribution in [2.24, 2.45) is 5.92 Å². The Bertz CT molecular complexity index is 220. The second kappa shape index (κ2) is 5.36. The molecule has 0 heterocycles. The molecule has 1 rings (SSSR count). The van der Waals surface area contributed by atoms with Gasteiger partial charge in [0.15, 0.2) is 0 Å². The highest BCUT2D eigenvalue weighted by molar-refractivity contribution is 4.86. The average molecular weight is 239 g/mol. The minimum Gasteiger partial charge on any atom is -0.391 e. The number of halogens is 3. The van der Waals surface area contributed by atoms with Crippen molar-refractivity contribution in [1.82, 2.24) is 4.90 Å². The van der Waals surface area contributed by atoms with E-state index in [4.69, 9.17) is 0 Å². The van der Waals surface area contributed by atoms with Crippen LogP contribution in [0, 0.1) is 5.92 Å². The lowest BCUT2D eigenvalue weighted by Gasteiger charge is -2.38. The Morgan fingerprint density at radius 3 is 2.44 bits per heavy atom. The quantitative estimate of drug-likeness (QED) is 0.817. The molecular formula is C11H20F3NO. The van der Waals surface area contributed by atoms with E-state index < -0.39 is 18.8 Å². The number of aliphatic hydroxyl groups excluding tert-OH is 1. The van der Waals surface area contributed by atoms with E-state index in [0.29, 0.717) is 18.8 Å². The van der Waals surface area contributed by atoms with Crippen molar-refractivity contribution < 1.29 is 18.3 Å². The number of aliphatic hydroxyl groups is 1. The van der Waals surface area contributed by atoms with Gasteiger partial charge in [-0.25, -0.2) is 0 Å². The molecule has 1 N–H and O–H groups in total. The smallest absolute Gasteiger partial charge is 0.391 e. The first-order valence-corrected chi connectivity index (χ1v) is 5.78. The maximum Gasteiger partial charge on any atom is 0.401 e. The molecule has 0 aromatic rings. The summed E-state index contributed by atoms with van der Waals surface area (Å²) in [6, 6.07) is -0.347. The summed E-state index contributed by atoms with van der Waals surface area (Å²) in [6.45, 7) is 1.11. The van der Waals surface area contributed by atoms with Crippen LogP contribution in [0.5, 0.6) is 0 Å². The van der Waals surface area contributed by atoms with E-state index in [1.807, 2.05) is 6.92 Å². The van der Waals surface area contributed by atoms with E-state index >= 15 is 0 Å². The summed E-state index contributed by atoms with van der Waals surface area (Å²) in [5.41, 5.74) is 0. The van der Waals surface area contributed by atoms with E-state index in [-0.39, 0.29) is 6.04 Å². The Morgan fingerprint density at radius 1 is 1.31 bits per heavy atom. The number of nitrogens with zero attached hydrogens (tertiary/aromatic N) is 1. The summed E-state index contributed by atoms with van der Waals surface area (Å²) in [6.07, 6.45) is -1.62. The van der Waals surface area contributed by atoms with Gasteiger partial charge in [0, 0.05) is 6.04 Å². The molecule has 0 saturated heterocycles. The van der Waals surface area contributed by atoms with Crippen molar-refractivity contribution in [3.8, 4) is 0 Å². The zero-order valence-electron chi connectivity index (χ0n) is 9.80. The van der Waals surface area contributed by atoms with Gasteiger partial charge in [-0.2, -0.15) is 13.2 Å². The Kier molecular flexibility index (Phi) is 4.62. The Labute approximate surface area is 94.4 Å². The van der Waals surface area contributed by atoms with Crippen LogP contribution in [0.4, 0.5) is 13.2 Å². The maximum atomic E-state index is 12.2. The van der Waals surface area contributed by atoms with Crippen LogP contribution >= 0.6 is 0 Å². The van der Waals surface area contributed by atoms with E-state index in [0.717, 1.165) is 12.8 Å². The molecule has 1 aliphatic carbocycles. The van der Waals surface area contributed by atoms with Crippen LogP contribution in [-0.2, 0) is 0 Å². The normalized spacial score (nSPS) is 32.1. The topological polar surface area (TPSA) is 23.5 Å². The third-order valence-corrected chi connectivity index (χ3v) is 3.46. The van der Waals surface area contributed by atoms with Gasteiger partial charge in [-0.15, -0.1) is 0 Å². The molecule has 0 aromatic heterocycles. The first kappa shape index (κ1) is 13.8. The SMILES string of the molecule is CCC1CCC(O)C(N(C)CC(F)(F)F)C1. The number of rotatable bonds is 3. The third-order valence-electron chi connectivity index (χ3n) is 3.46. The molecule has 1 aliphatic rings. The van der Waals surface area contributed by atoms with Crippen molar-refractivity contribution in [3.63, 3.8) is 0 Å². The molecule has 0 amide bonds. The first-order chi connectivity index (χ1) is 7.33. The van der Waals surface area contributed by atoms with E-state index in [9.17, 15) is 18.3 Å². The molecule has 0 aliphatic heterocycles. The first-order valence-electron chi connectivity index (χ1n) is 5.78. The monoisotopic (exact) mass is 239 g/mol. The molecule has 0 aromatic carbocycles. The predicted octanol–water partition coefficient (Wildman–Crippen LogP) is 2.42. The molecule has 5 heteroatoms. The summed E-state index contributed by atoms with van der Waals surface area (Å²) in [7, 11) is 1.44. The van der Waals surface area contributed by atoms with Crippen LogP contribution in [0.3, 0.4) is 0 Å². The molecule has 2 nitrogen and oxygen atoms in total. The van der Waals surface area contributed by atoms with Crippen molar-refractivity contribution >= 4 is 0 Å². The highest BCUT2D eigenvalue weighted by Gasteiger charge is 2.37. The largest absolute Gasteiger partial charge is 0.401 e. The van der Waals surface area contributed by atoms with Gasteiger partial charge in [0.1, 0.15) is 0 Å². The summed E-state index contributed by atoms with van der Waals surface area (Å²) in [4.78, 5) is 1.24. The van der Waals surface area contributed by atoms with Gasteiger partial charge in [-0.05, 0) is 32.2 Å². The number of alkyl halides is 3. The van der Waals surface area contributed by atoms with Gasteiger partial charge in [0.2, 0.25) is 0 Å². The molecule has 16 heavy (non-hydrogen) atoms. The van der Waals surface area contributed by atoms with Crippen molar-refractivity contribution in [2.45, 2.75) is 50.9 Å². The minimum atomic E-state index is -4.19. The highest BCUT2D eigenvalue weighted by atomic mass is 19.4. The lowest BCUT2D eigenvalue weighted by atomic mass is 9.82. The molecule has 1 fully saturated rings. The molecule has 1 saturated carbocycles. The van der Waals surface area contributed by atoms with Crippen LogP contribution in [0.15, 0.2) is 0 Å². The average Bonchev–Trinajstić information content (AvgIpc) is 2.15. The summed E-state index contributed by atoms with van der Waals surface area (Å²) in [5, 5.41) is 9.74. The van der Waals surface area contributed by atoms with Crippen LogP contribution in [0.2, 0.25) is 0 Å². The molecule has 96 valence electrons. The van der Waals surface area contributed by atoms with Gasteiger partial charge >= 0.3 is 6.18 Å². The van der Waals surface area contributed by atoms with Crippen molar-refractivity contribution in [2.75, 3.05) is 13.6 Å². The fourth-order valence-corrected chi connectivity index (χ4v) is 2.46. The zero-order chi connectivity index (χ0) is 12.3. The van der Waals surface area contributed by atoms with Crippen molar-refractivity contribution in [3.05, 3.63) is 0 Å². The Balaban J connectivity index is 2.55. The molecule has 3 unspecified atom stereocenters. The highest BCUT2D eigenvalue weighted by Crippen LogP contribution is 2.30. The molecule has 0 bridgehead atoms. The summed E-state index contributed by atoms with van der Waals surface area (Å²) < 4.78 is 36.7. The minimum absolute atomic E-state index is 0.347. The lowest BCUT2D eigenvalue weighted by molar-refractivity contribution is -0.154. The van der Waals surface area contributed by atoms with Gasteiger partial charge in [0.25, 0.3) is 0 Å².